The van der Waals surface area contributed by atoms with E-state index in [4.69, 9.17) is 14.2 Å². The molecule has 0 fully saturated rings. The molecule has 0 spiro atoms. The van der Waals surface area contributed by atoms with Gasteiger partial charge in [-0.25, -0.2) is 4.79 Å². The summed E-state index contributed by atoms with van der Waals surface area (Å²) in [4.78, 5) is 35.6. The fraction of sp³-hybridized carbons (Fsp3) is 0.300. The first-order valence-electron chi connectivity index (χ1n) is 8.67. The number of nitrogens with one attached hydrogen (secondary N) is 1. The van der Waals surface area contributed by atoms with Crippen molar-refractivity contribution in [1.29, 1.82) is 0 Å². The average molecular weight is 402 g/mol. The lowest BCUT2D eigenvalue weighted by Crippen LogP contribution is -2.30. The van der Waals surface area contributed by atoms with Gasteiger partial charge in [0.15, 0.2) is 17.6 Å². The number of hydrogen-bond donors (Lipinski definition) is 1. The van der Waals surface area contributed by atoms with Gasteiger partial charge in [-0.15, -0.1) is 0 Å². The molecule has 9 nitrogen and oxygen atoms in total. The first kappa shape index (κ1) is 21.7. The van der Waals surface area contributed by atoms with Crippen molar-refractivity contribution in [1.82, 2.24) is 0 Å². The number of nitro benzene ring substituents is 1. The molecule has 0 heterocycles. The molecule has 1 N–H and O–H groups in total. The first-order chi connectivity index (χ1) is 13.7. The monoisotopic (exact) mass is 402 g/mol. The highest BCUT2D eigenvalue weighted by molar-refractivity contribution is 5.99. The number of nitrogens with zero attached hydrogens (tertiary/aromatic N) is 1. The number of rotatable bonds is 7. The zero-order valence-electron chi connectivity index (χ0n) is 16.8. The number of esters is 1. The van der Waals surface area contributed by atoms with Crippen molar-refractivity contribution in [2.75, 3.05) is 19.5 Å². The van der Waals surface area contributed by atoms with Gasteiger partial charge in [0.25, 0.3) is 11.6 Å². The van der Waals surface area contributed by atoms with Crippen LogP contribution in [0, 0.1) is 24.0 Å². The Kier molecular flexibility index (Phi) is 6.76. The van der Waals surface area contributed by atoms with E-state index in [0.717, 1.165) is 23.3 Å². The predicted molar refractivity (Wildman–Crippen MR) is 106 cm³/mol. The zero-order chi connectivity index (χ0) is 21.7. The van der Waals surface area contributed by atoms with Gasteiger partial charge in [-0.3, -0.25) is 14.9 Å². The van der Waals surface area contributed by atoms with E-state index in [1.54, 1.807) is 6.07 Å². The molecule has 0 aliphatic rings. The molecule has 2 aromatic rings. The Morgan fingerprint density at radius 2 is 1.69 bits per heavy atom. The van der Waals surface area contributed by atoms with Crippen LogP contribution in [0.4, 0.5) is 11.4 Å². The Morgan fingerprint density at radius 1 is 1.07 bits per heavy atom. The fourth-order valence-electron chi connectivity index (χ4n) is 2.57. The van der Waals surface area contributed by atoms with E-state index in [1.807, 2.05) is 26.0 Å². The minimum atomic E-state index is -1.19. The van der Waals surface area contributed by atoms with Gasteiger partial charge in [0.05, 0.1) is 25.2 Å². The van der Waals surface area contributed by atoms with Crippen molar-refractivity contribution < 1.29 is 28.7 Å². The summed E-state index contributed by atoms with van der Waals surface area (Å²) in [6, 6.07) is 7.77. The van der Waals surface area contributed by atoms with Gasteiger partial charge in [0, 0.05) is 11.8 Å². The first-order valence-corrected chi connectivity index (χ1v) is 8.67. The summed E-state index contributed by atoms with van der Waals surface area (Å²) in [5, 5.41) is 14.0. The maximum atomic E-state index is 12.5. The van der Waals surface area contributed by atoms with Gasteiger partial charge < -0.3 is 19.5 Å². The van der Waals surface area contributed by atoms with Gasteiger partial charge >= 0.3 is 5.97 Å². The van der Waals surface area contributed by atoms with Crippen LogP contribution in [-0.4, -0.2) is 37.1 Å². The minimum absolute atomic E-state index is 0.0939. The molecule has 0 saturated carbocycles. The summed E-state index contributed by atoms with van der Waals surface area (Å²) in [6.45, 7) is 5.10. The van der Waals surface area contributed by atoms with Crippen LogP contribution in [0.2, 0.25) is 0 Å². The predicted octanol–water partition coefficient (Wildman–Crippen LogP) is 3.41. The van der Waals surface area contributed by atoms with Crippen LogP contribution in [0.1, 0.15) is 28.4 Å². The molecule has 0 aliphatic heterocycles. The highest BCUT2D eigenvalue weighted by Crippen LogP contribution is 2.35. The zero-order valence-corrected chi connectivity index (χ0v) is 16.8. The summed E-state index contributed by atoms with van der Waals surface area (Å²) in [5.41, 5.74) is 1.53. The number of methoxy groups -OCH3 is 2. The largest absolute Gasteiger partial charge is 0.493 e. The number of nitro groups is 1. The molecule has 1 atom stereocenters. The smallest absolute Gasteiger partial charge is 0.346 e. The van der Waals surface area contributed by atoms with Crippen molar-refractivity contribution in [2.24, 2.45) is 0 Å². The number of carbonyl (C=O) groups excluding carboxylic acids is 2. The molecule has 0 saturated heterocycles. The van der Waals surface area contributed by atoms with Crippen molar-refractivity contribution in [3.8, 4) is 11.5 Å². The maximum Gasteiger partial charge on any atom is 0.346 e. The molecule has 0 aliphatic carbocycles. The van der Waals surface area contributed by atoms with Crippen LogP contribution in [0.3, 0.4) is 0 Å². The van der Waals surface area contributed by atoms with Gasteiger partial charge in [-0.1, -0.05) is 12.1 Å². The van der Waals surface area contributed by atoms with Crippen molar-refractivity contribution in [3.05, 3.63) is 57.1 Å². The molecule has 0 bridgehead atoms. The molecule has 2 aromatic carbocycles. The summed E-state index contributed by atoms with van der Waals surface area (Å²) in [7, 11) is 2.65. The Morgan fingerprint density at radius 3 is 2.28 bits per heavy atom. The van der Waals surface area contributed by atoms with Crippen LogP contribution >= 0.6 is 0 Å². The number of ether oxygens (including phenoxy) is 3. The van der Waals surface area contributed by atoms with Crippen LogP contribution in [0.25, 0.3) is 0 Å². The van der Waals surface area contributed by atoms with E-state index >= 15 is 0 Å². The molecule has 154 valence electrons. The summed E-state index contributed by atoms with van der Waals surface area (Å²) < 4.78 is 15.3. The summed E-state index contributed by atoms with van der Waals surface area (Å²) in [5.74, 6) is -1.37. The Balaban J connectivity index is 2.23. The SMILES string of the molecule is COc1cc(C(=O)O[C@H](C)C(=O)Nc2cc(C)ccc2C)c([N+](=O)[O-])cc1OC. The second-order valence-electron chi connectivity index (χ2n) is 6.34. The lowest BCUT2D eigenvalue weighted by Gasteiger charge is -2.16. The lowest BCUT2D eigenvalue weighted by molar-refractivity contribution is -0.385. The lowest BCUT2D eigenvalue weighted by atomic mass is 10.1. The molecular formula is C20H22N2O7. The normalized spacial score (nSPS) is 11.3. The molecule has 2 rings (SSSR count). The molecule has 29 heavy (non-hydrogen) atoms. The van der Waals surface area contributed by atoms with Gasteiger partial charge in [-0.2, -0.15) is 0 Å². The average Bonchev–Trinajstić information content (AvgIpc) is 2.69. The summed E-state index contributed by atoms with van der Waals surface area (Å²) in [6.07, 6.45) is -1.19. The van der Waals surface area contributed by atoms with Crippen molar-refractivity contribution in [3.63, 3.8) is 0 Å². The van der Waals surface area contributed by atoms with Crippen LogP contribution in [0.15, 0.2) is 30.3 Å². The van der Waals surface area contributed by atoms with E-state index in [2.05, 4.69) is 5.32 Å². The molecule has 0 aromatic heterocycles. The third kappa shape index (κ3) is 5.01. The van der Waals surface area contributed by atoms with Crippen LogP contribution < -0.4 is 14.8 Å². The number of benzene rings is 2. The quantitative estimate of drug-likeness (QED) is 0.428. The van der Waals surface area contributed by atoms with Gasteiger partial charge in [-0.05, 0) is 38.0 Å². The van der Waals surface area contributed by atoms with E-state index in [-0.39, 0.29) is 17.1 Å². The Bertz CT molecular complexity index is 956. The van der Waals surface area contributed by atoms with Crippen molar-refractivity contribution >= 4 is 23.3 Å². The molecule has 0 unspecified atom stereocenters. The number of anilines is 1. The number of amides is 1. The standard InChI is InChI=1S/C20H22N2O7/c1-11-6-7-12(2)15(8-11)21-19(23)13(3)29-20(24)14-9-17(27-4)18(28-5)10-16(14)22(25)26/h6-10,13H,1-5H3,(H,21,23)/t13-/m1/s1. The minimum Gasteiger partial charge on any atom is -0.493 e. The second kappa shape index (κ2) is 9.05. The van der Waals surface area contributed by atoms with Crippen LogP contribution in [-0.2, 0) is 9.53 Å². The molecule has 1 amide bonds. The maximum absolute atomic E-state index is 12.5. The Labute approximate surface area is 167 Å². The highest BCUT2D eigenvalue weighted by Gasteiger charge is 2.28. The second-order valence-corrected chi connectivity index (χ2v) is 6.34. The van der Waals surface area contributed by atoms with E-state index in [9.17, 15) is 19.7 Å². The van der Waals surface area contributed by atoms with Gasteiger partial charge in [0.2, 0.25) is 0 Å². The number of carbonyl (C=O) groups is 2. The Hall–Kier alpha value is -3.62. The third-order valence-electron chi connectivity index (χ3n) is 4.22. The van der Waals surface area contributed by atoms with Crippen molar-refractivity contribution in [2.45, 2.75) is 26.9 Å². The van der Waals surface area contributed by atoms with E-state index < -0.39 is 28.6 Å². The molecule has 9 heteroatoms. The molecular weight excluding hydrogens is 380 g/mol. The third-order valence-corrected chi connectivity index (χ3v) is 4.22. The topological polar surface area (TPSA) is 117 Å². The molecule has 0 radical (unpaired) electrons. The summed E-state index contributed by atoms with van der Waals surface area (Å²) >= 11 is 0. The van der Waals surface area contributed by atoms with E-state index in [1.165, 1.54) is 21.1 Å². The fourth-order valence-corrected chi connectivity index (χ4v) is 2.57. The van der Waals surface area contributed by atoms with Gasteiger partial charge in [0.1, 0.15) is 5.56 Å². The highest BCUT2D eigenvalue weighted by atomic mass is 16.6. The number of aryl methyl sites for hydroxylation is 2. The number of hydrogen-bond acceptors (Lipinski definition) is 7. The van der Waals surface area contributed by atoms with E-state index in [0.29, 0.717) is 5.69 Å². The van der Waals surface area contributed by atoms with Crippen LogP contribution in [0.5, 0.6) is 11.5 Å².